The molecule has 0 saturated carbocycles. The smallest absolute Gasteiger partial charge is 0.319 e. The van der Waals surface area contributed by atoms with E-state index in [1.165, 1.54) is 7.11 Å². The molecule has 1 aliphatic rings. The third-order valence-electron chi connectivity index (χ3n) is 7.03. The van der Waals surface area contributed by atoms with Crippen LogP contribution >= 0.6 is 11.6 Å². The third-order valence-corrected chi connectivity index (χ3v) is 7.36. The first-order valence-corrected chi connectivity index (χ1v) is 13.8. The summed E-state index contributed by atoms with van der Waals surface area (Å²) in [6.07, 6.45) is 0.971. The van der Waals surface area contributed by atoms with Crippen molar-refractivity contribution in [1.29, 1.82) is 0 Å². The lowest BCUT2D eigenvalue weighted by atomic mass is 10.0. The van der Waals surface area contributed by atoms with Gasteiger partial charge in [-0.25, -0.2) is 9.97 Å². The molecule has 41 heavy (non-hydrogen) atoms. The molecule has 12 heteroatoms. The van der Waals surface area contributed by atoms with Gasteiger partial charge >= 0.3 is 6.01 Å². The second kappa shape index (κ2) is 11.9. The van der Waals surface area contributed by atoms with E-state index >= 15 is 0 Å². The van der Waals surface area contributed by atoms with Crippen LogP contribution in [0.15, 0.2) is 22.7 Å². The number of halogens is 1. The Bertz CT molecular complexity index is 1560. The van der Waals surface area contributed by atoms with Crippen LogP contribution in [0.5, 0.6) is 17.6 Å². The number of aliphatic hydroxyl groups excluding tert-OH is 1. The SMILES string of the molecule is CCC[C@@H](O)COc1ccc(Cl)c(-c2nc(-c3c(C)noc3C)c(C)c(N3Cc4nc(OC)nc(OC)c4C3)n2)c1. The van der Waals surface area contributed by atoms with Gasteiger partial charge in [-0.2, -0.15) is 9.97 Å². The summed E-state index contributed by atoms with van der Waals surface area (Å²) in [5.41, 5.74) is 5.32. The van der Waals surface area contributed by atoms with Crippen molar-refractivity contribution in [2.24, 2.45) is 0 Å². The van der Waals surface area contributed by atoms with Crippen molar-refractivity contribution < 1.29 is 23.8 Å². The van der Waals surface area contributed by atoms with Crippen molar-refractivity contribution in [3.8, 4) is 40.3 Å². The zero-order valence-electron chi connectivity index (χ0n) is 24.0. The number of anilines is 1. The number of hydrogen-bond donors (Lipinski definition) is 1. The Morgan fingerprint density at radius 3 is 2.56 bits per heavy atom. The van der Waals surface area contributed by atoms with Gasteiger partial charge in [-0.1, -0.05) is 30.1 Å². The summed E-state index contributed by atoms with van der Waals surface area (Å²) in [5.74, 6) is 2.79. The predicted molar refractivity (Wildman–Crippen MR) is 154 cm³/mol. The third kappa shape index (κ3) is 5.64. The minimum absolute atomic E-state index is 0.178. The molecular formula is C29H33ClN6O5. The number of fused-ring (bicyclic) bond motifs is 1. The second-order valence-electron chi connectivity index (χ2n) is 9.94. The Hall–Kier alpha value is -3.96. The maximum Gasteiger partial charge on any atom is 0.319 e. The largest absolute Gasteiger partial charge is 0.491 e. The molecule has 0 radical (unpaired) electrons. The number of benzene rings is 1. The summed E-state index contributed by atoms with van der Waals surface area (Å²) in [4.78, 5) is 21.0. The lowest BCUT2D eigenvalue weighted by Gasteiger charge is -2.22. The monoisotopic (exact) mass is 580 g/mol. The van der Waals surface area contributed by atoms with Crippen LogP contribution in [0.1, 0.15) is 48.0 Å². The number of aliphatic hydroxyl groups is 1. The molecule has 4 aromatic rings. The van der Waals surface area contributed by atoms with E-state index in [1.54, 1.807) is 25.3 Å². The molecule has 0 unspecified atom stereocenters. The van der Waals surface area contributed by atoms with Crippen LogP contribution in [0.4, 0.5) is 5.82 Å². The molecule has 0 saturated heterocycles. The van der Waals surface area contributed by atoms with Crippen molar-refractivity contribution in [1.82, 2.24) is 25.1 Å². The van der Waals surface area contributed by atoms with E-state index in [-0.39, 0.29) is 12.6 Å². The highest BCUT2D eigenvalue weighted by molar-refractivity contribution is 6.33. The van der Waals surface area contributed by atoms with Crippen molar-refractivity contribution in [2.75, 3.05) is 25.7 Å². The maximum absolute atomic E-state index is 10.2. The summed E-state index contributed by atoms with van der Waals surface area (Å²) in [7, 11) is 3.10. The first-order chi connectivity index (χ1) is 19.7. The lowest BCUT2D eigenvalue weighted by molar-refractivity contribution is 0.0994. The van der Waals surface area contributed by atoms with E-state index in [9.17, 15) is 5.11 Å². The van der Waals surface area contributed by atoms with Crippen molar-refractivity contribution in [3.05, 3.63) is 51.5 Å². The number of methoxy groups -OCH3 is 2. The van der Waals surface area contributed by atoms with Gasteiger partial charge in [-0.3, -0.25) is 0 Å². The van der Waals surface area contributed by atoms with Gasteiger partial charge < -0.3 is 28.7 Å². The number of ether oxygens (including phenoxy) is 3. The van der Waals surface area contributed by atoms with E-state index in [4.69, 9.17) is 40.3 Å². The van der Waals surface area contributed by atoms with Crippen LogP contribution in [0.3, 0.4) is 0 Å². The number of hydrogen-bond acceptors (Lipinski definition) is 11. The van der Waals surface area contributed by atoms with Gasteiger partial charge in [0.2, 0.25) is 5.88 Å². The van der Waals surface area contributed by atoms with E-state index < -0.39 is 6.10 Å². The molecule has 11 nitrogen and oxygen atoms in total. The minimum Gasteiger partial charge on any atom is -0.491 e. The van der Waals surface area contributed by atoms with Gasteiger partial charge in [-0.05, 0) is 45.4 Å². The molecule has 0 fully saturated rings. The fourth-order valence-electron chi connectivity index (χ4n) is 4.98. The summed E-state index contributed by atoms with van der Waals surface area (Å²) in [6.45, 7) is 8.86. The van der Waals surface area contributed by atoms with E-state index in [0.29, 0.717) is 64.8 Å². The Morgan fingerprint density at radius 1 is 1.07 bits per heavy atom. The van der Waals surface area contributed by atoms with Gasteiger partial charge in [0, 0.05) is 11.1 Å². The molecule has 1 N–H and O–H groups in total. The summed E-state index contributed by atoms with van der Waals surface area (Å²) in [5, 5.41) is 14.8. The van der Waals surface area contributed by atoms with Crippen LogP contribution in [-0.2, 0) is 13.1 Å². The van der Waals surface area contributed by atoms with Crippen molar-refractivity contribution >= 4 is 17.4 Å². The molecular weight excluding hydrogens is 548 g/mol. The maximum atomic E-state index is 10.2. The average molecular weight is 581 g/mol. The van der Waals surface area contributed by atoms with Crippen molar-refractivity contribution in [2.45, 2.75) is 59.7 Å². The molecule has 3 aromatic heterocycles. The fraction of sp³-hybridized carbons (Fsp3) is 0.414. The number of aryl methyl sites for hydroxylation is 2. The van der Waals surface area contributed by atoms with E-state index in [0.717, 1.165) is 34.5 Å². The first kappa shape index (κ1) is 28.6. The van der Waals surface area contributed by atoms with Gasteiger partial charge in [0.25, 0.3) is 0 Å². The fourth-order valence-corrected chi connectivity index (χ4v) is 5.19. The van der Waals surface area contributed by atoms with Crippen molar-refractivity contribution in [3.63, 3.8) is 0 Å². The summed E-state index contributed by atoms with van der Waals surface area (Å²) < 4.78 is 22.2. The minimum atomic E-state index is -0.553. The normalized spacial score (nSPS) is 13.3. The molecule has 0 aliphatic carbocycles. The highest BCUT2D eigenvalue weighted by Crippen LogP contribution is 2.40. The Morgan fingerprint density at radius 2 is 1.88 bits per heavy atom. The Labute approximate surface area is 243 Å². The van der Waals surface area contributed by atoms with Gasteiger partial charge in [0.05, 0.1) is 66.6 Å². The van der Waals surface area contributed by atoms with Crippen LogP contribution in [0.2, 0.25) is 5.02 Å². The number of nitrogens with zero attached hydrogens (tertiary/aromatic N) is 6. The molecule has 0 spiro atoms. The highest BCUT2D eigenvalue weighted by atomic mass is 35.5. The first-order valence-electron chi connectivity index (χ1n) is 13.4. The summed E-state index contributed by atoms with van der Waals surface area (Å²) >= 11 is 6.70. The molecule has 0 amide bonds. The lowest BCUT2D eigenvalue weighted by Crippen LogP contribution is -2.19. The molecule has 1 atom stereocenters. The predicted octanol–water partition coefficient (Wildman–Crippen LogP) is 5.24. The molecule has 216 valence electrons. The van der Waals surface area contributed by atoms with Crippen LogP contribution in [-0.4, -0.2) is 57.1 Å². The van der Waals surface area contributed by atoms with Crippen LogP contribution in [0, 0.1) is 20.8 Å². The van der Waals surface area contributed by atoms with Crippen LogP contribution < -0.4 is 19.1 Å². The standard InChI is InChI=1S/C29H33ClN6O5/c1-7-8-18(37)14-40-19-9-10-22(30)20(11-19)26-32-25(24-16(3)35-41-17(24)4)15(2)27(33-26)36-12-21-23(13-36)31-29(39-6)34-28(21)38-5/h9-11,18,37H,7-8,12-14H2,1-6H3/t18-/m1/s1. The topological polar surface area (TPSA) is 129 Å². The zero-order chi connectivity index (χ0) is 29.3. The quantitative estimate of drug-likeness (QED) is 0.264. The highest BCUT2D eigenvalue weighted by Gasteiger charge is 2.31. The van der Waals surface area contributed by atoms with Gasteiger partial charge in [-0.15, -0.1) is 0 Å². The average Bonchev–Trinajstić information content (AvgIpc) is 3.54. The molecule has 0 bridgehead atoms. The number of aromatic nitrogens is 5. The zero-order valence-corrected chi connectivity index (χ0v) is 24.7. The Kier molecular flexibility index (Phi) is 8.27. The van der Waals surface area contributed by atoms with Crippen LogP contribution in [0.25, 0.3) is 22.6 Å². The molecule has 1 aliphatic heterocycles. The van der Waals surface area contributed by atoms with E-state index in [1.807, 2.05) is 27.7 Å². The van der Waals surface area contributed by atoms with E-state index in [2.05, 4.69) is 20.0 Å². The summed E-state index contributed by atoms with van der Waals surface area (Å²) in [6, 6.07) is 5.55. The second-order valence-corrected chi connectivity index (χ2v) is 10.3. The Balaban J connectivity index is 1.61. The van der Waals surface area contributed by atoms with Gasteiger partial charge in [0.15, 0.2) is 5.82 Å². The molecule has 5 rings (SSSR count). The van der Waals surface area contributed by atoms with Gasteiger partial charge in [0.1, 0.15) is 23.9 Å². The molecule has 1 aromatic carbocycles. The molecule has 4 heterocycles. The number of rotatable bonds is 10.